The summed E-state index contributed by atoms with van der Waals surface area (Å²) in [5.74, 6) is -0.638. The molecule has 9 heteroatoms. The fraction of sp³-hybridized carbons (Fsp3) is 0.750. The Morgan fingerprint density at radius 2 is 2.12 bits per heavy atom. The topological polar surface area (TPSA) is 75.6 Å². The lowest BCUT2D eigenvalue weighted by Crippen LogP contribution is -2.55. The van der Waals surface area contributed by atoms with Gasteiger partial charge < -0.3 is 15.2 Å². The van der Waals surface area contributed by atoms with E-state index in [9.17, 15) is 22.8 Å². The van der Waals surface area contributed by atoms with Gasteiger partial charge in [0, 0.05) is 5.75 Å². The second-order valence-corrected chi connectivity index (χ2v) is 4.61. The highest BCUT2D eigenvalue weighted by Crippen LogP contribution is 2.28. The molecule has 0 aromatic carbocycles. The minimum absolute atomic E-state index is 0.115. The van der Waals surface area contributed by atoms with Crippen LogP contribution >= 0.6 is 11.8 Å². The number of rotatable bonds is 3. The van der Waals surface area contributed by atoms with Crippen LogP contribution in [0.15, 0.2) is 0 Å². The summed E-state index contributed by atoms with van der Waals surface area (Å²) in [4.78, 5) is 22.0. The molecule has 1 aliphatic rings. The van der Waals surface area contributed by atoms with Crippen LogP contribution in [0.1, 0.15) is 6.42 Å². The molecule has 1 fully saturated rings. The van der Waals surface area contributed by atoms with Crippen LogP contribution in [-0.4, -0.2) is 47.0 Å². The van der Waals surface area contributed by atoms with Gasteiger partial charge in [-0.25, -0.2) is 9.59 Å². The molecule has 1 rings (SSSR count). The van der Waals surface area contributed by atoms with E-state index in [-0.39, 0.29) is 12.2 Å². The van der Waals surface area contributed by atoms with E-state index < -0.39 is 30.4 Å². The second-order valence-electron chi connectivity index (χ2n) is 3.51. The Balaban J connectivity index is 2.51. The van der Waals surface area contributed by atoms with Gasteiger partial charge in [-0.1, -0.05) is 0 Å². The Morgan fingerprint density at radius 3 is 2.53 bits per heavy atom. The largest absolute Gasteiger partial charge is 0.479 e. The van der Waals surface area contributed by atoms with E-state index in [4.69, 9.17) is 5.11 Å². The molecule has 17 heavy (non-hydrogen) atoms. The number of aliphatic carboxylic acids is 1. The summed E-state index contributed by atoms with van der Waals surface area (Å²) in [5.41, 5.74) is -1.52. The molecule has 0 bridgehead atoms. The van der Waals surface area contributed by atoms with E-state index in [0.717, 1.165) is 0 Å². The smallest absolute Gasteiger partial charge is 0.422 e. The Bertz CT molecular complexity index is 314. The highest BCUT2D eigenvalue weighted by atomic mass is 32.2. The number of alkyl carbamates (subject to hydrolysis) is 1. The van der Waals surface area contributed by atoms with Crippen molar-refractivity contribution in [3.63, 3.8) is 0 Å². The first kappa shape index (κ1) is 13.9. The van der Waals surface area contributed by atoms with Crippen LogP contribution < -0.4 is 5.32 Å². The van der Waals surface area contributed by atoms with Crippen LogP contribution in [0.3, 0.4) is 0 Å². The number of thioether (sulfide) groups is 1. The summed E-state index contributed by atoms with van der Waals surface area (Å²) in [7, 11) is 0. The molecule has 1 heterocycles. The number of hydrogen-bond acceptors (Lipinski definition) is 4. The highest BCUT2D eigenvalue weighted by Gasteiger charge is 2.44. The number of carbonyl (C=O) groups excluding carboxylic acids is 1. The first-order valence-corrected chi connectivity index (χ1v) is 5.73. The van der Waals surface area contributed by atoms with Crippen molar-refractivity contribution < 1.29 is 32.6 Å². The van der Waals surface area contributed by atoms with Gasteiger partial charge in [0.2, 0.25) is 0 Å². The summed E-state index contributed by atoms with van der Waals surface area (Å²) < 4.78 is 39.2. The van der Waals surface area contributed by atoms with Gasteiger partial charge in [-0.15, -0.1) is 0 Å². The van der Waals surface area contributed by atoms with Crippen LogP contribution in [0.5, 0.6) is 0 Å². The molecule has 98 valence electrons. The number of ether oxygens (including phenoxy) is 1. The number of hydrogen-bond donors (Lipinski definition) is 2. The molecule has 1 atom stereocenters. The van der Waals surface area contributed by atoms with Gasteiger partial charge in [-0.2, -0.15) is 24.9 Å². The summed E-state index contributed by atoms with van der Waals surface area (Å²) in [5, 5.41) is 10.9. The summed E-state index contributed by atoms with van der Waals surface area (Å²) >= 11 is 1.30. The normalized spacial score (nSPS) is 24.4. The van der Waals surface area contributed by atoms with Crippen molar-refractivity contribution in [2.75, 3.05) is 18.1 Å². The van der Waals surface area contributed by atoms with E-state index in [1.165, 1.54) is 11.8 Å². The number of halogens is 3. The Kier molecular flexibility index (Phi) is 4.12. The Labute approximate surface area is 98.7 Å². The monoisotopic (exact) mass is 273 g/mol. The molecule has 1 unspecified atom stereocenters. The van der Waals surface area contributed by atoms with Crippen LogP contribution in [0.2, 0.25) is 0 Å². The van der Waals surface area contributed by atoms with E-state index in [1.54, 1.807) is 0 Å². The average molecular weight is 273 g/mol. The Morgan fingerprint density at radius 1 is 1.47 bits per heavy atom. The van der Waals surface area contributed by atoms with Crippen LogP contribution in [-0.2, 0) is 9.53 Å². The SMILES string of the molecule is O=C(NC1(C(=O)O)CCSC1)OCC(F)(F)F. The average Bonchev–Trinajstić information content (AvgIpc) is 2.63. The number of carboxylic acid groups (broad SMARTS) is 1. The summed E-state index contributed by atoms with van der Waals surface area (Å²) in [6.45, 7) is -1.73. The van der Waals surface area contributed by atoms with Crippen molar-refractivity contribution in [3.8, 4) is 0 Å². The summed E-state index contributed by atoms with van der Waals surface area (Å²) in [6.07, 6.45) is -5.83. The van der Waals surface area contributed by atoms with Crippen LogP contribution in [0.4, 0.5) is 18.0 Å². The Hall–Kier alpha value is -1.12. The van der Waals surface area contributed by atoms with Crippen molar-refractivity contribution >= 4 is 23.8 Å². The molecule has 5 nitrogen and oxygen atoms in total. The van der Waals surface area contributed by atoms with Gasteiger partial charge in [0.05, 0.1) is 0 Å². The predicted octanol–water partition coefficient (Wildman–Crippen LogP) is 1.24. The zero-order valence-electron chi connectivity index (χ0n) is 8.54. The van der Waals surface area contributed by atoms with Gasteiger partial charge in [0.1, 0.15) is 0 Å². The molecule has 1 aliphatic heterocycles. The molecule has 0 spiro atoms. The number of alkyl halides is 3. The lowest BCUT2D eigenvalue weighted by Gasteiger charge is -2.24. The third-order valence-corrected chi connectivity index (χ3v) is 3.33. The van der Waals surface area contributed by atoms with Crippen molar-refractivity contribution in [1.29, 1.82) is 0 Å². The number of carbonyl (C=O) groups is 2. The maximum Gasteiger partial charge on any atom is 0.422 e. The van der Waals surface area contributed by atoms with Crippen molar-refractivity contribution in [1.82, 2.24) is 5.32 Å². The van der Waals surface area contributed by atoms with Crippen molar-refractivity contribution in [2.45, 2.75) is 18.1 Å². The predicted molar refractivity (Wildman–Crippen MR) is 52.8 cm³/mol. The van der Waals surface area contributed by atoms with Gasteiger partial charge in [-0.3, -0.25) is 0 Å². The third-order valence-electron chi connectivity index (χ3n) is 2.14. The van der Waals surface area contributed by atoms with E-state index in [1.807, 2.05) is 5.32 Å². The van der Waals surface area contributed by atoms with E-state index in [2.05, 4.69) is 4.74 Å². The lowest BCUT2D eigenvalue weighted by atomic mass is 10.00. The second kappa shape index (κ2) is 5.03. The maximum absolute atomic E-state index is 11.8. The van der Waals surface area contributed by atoms with E-state index in [0.29, 0.717) is 5.75 Å². The van der Waals surface area contributed by atoms with E-state index >= 15 is 0 Å². The molecule has 0 aromatic rings. The van der Waals surface area contributed by atoms with Gasteiger partial charge in [-0.05, 0) is 12.2 Å². The fourth-order valence-electron chi connectivity index (χ4n) is 1.26. The first-order valence-electron chi connectivity index (χ1n) is 4.58. The zero-order valence-corrected chi connectivity index (χ0v) is 9.36. The number of nitrogens with one attached hydrogen (secondary N) is 1. The molecule has 0 saturated carbocycles. The maximum atomic E-state index is 11.8. The minimum Gasteiger partial charge on any atom is -0.479 e. The van der Waals surface area contributed by atoms with Gasteiger partial charge in [0.15, 0.2) is 12.1 Å². The molecule has 0 aliphatic carbocycles. The van der Waals surface area contributed by atoms with Crippen LogP contribution in [0, 0.1) is 0 Å². The summed E-state index contributed by atoms with van der Waals surface area (Å²) in [6, 6.07) is 0. The van der Waals surface area contributed by atoms with Gasteiger partial charge in [0.25, 0.3) is 0 Å². The molecular formula is C8H10F3NO4S. The van der Waals surface area contributed by atoms with Crippen molar-refractivity contribution in [3.05, 3.63) is 0 Å². The fourth-order valence-corrected chi connectivity index (χ4v) is 2.59. The molecule has 1 amide bonds. The zero-order chi connectivity index (χ0) is 13.1. The molecule has 0 radical (unpaired) electrons. The quantitative estimate of drug-likeness (QED) is 0.809. The molecular weight excluding hydrogens is 263 g/mol. The molecule has 0 aromatic heterocycles. The highest BCUT2D eigenvalue weighted by molar-refractivity contribution is 7.99. The standard InChI is InChI=1S/C8H10F3NO4S/c9-8(10,11)3-16-6(15)12-7(5(13)14)1-2-17-4-7/h1-4H2,(H,12,15)(H,13,14). The third kappa shape index (κ3) is 3.99. The number of carboxylic acids is 1. The van der Waals surface area contributed by atoms with Crippen molar-refractivity contribution in [2.24, 2.45) is 0 Å². The molecule has 2 N–H and O–H groups in total. The number of amides is 1. The van der Waals surface area contributed by atoms with Gasteiger partial charge >= 0.3 is 18.2 Å². The first-order chi connectivity index (χ1) is 7.75. The molecule has 1 saturated heterocycles. The van der Waals surface area contributed by atoms with Crippen LogP contribution in [0.25, 0.3) is 0 Å². The minimum atomic E-state index is -4.63. The lowest BCUT2D eigenvalue weighted by molar-refractivity contribution is -0.161.